The Labute approximate surface area is 216 Å². The number of carbonyl (C=O) groups is 4. The van der Waals surface area contributed by atoms with Crippen molar-refractivity contribution in [1.29, 1.82) is 0 Å². The van der Waals surface area contributed by atoms with E-state index in [-0.39, 0.29) is 11.1 Å². The van der Waals surface area contributed by atoms with E-state index in [0.717, 1.165) is 10.3 Å². The zero-order valence-corrected chi connectivity index (χ0v) is 20.0. The number of imide groups is 1. The number of hydrogen-bond donors (Lipinski definition) is 0. The van der Waals surface area contributed by atoms with Crippen molar-refractivity contribution in [3.63, 3.8) is 0 Å². The first-order valence-corrected chi connectivity index (χ1v) is 12.3. The van der Waals surface area contributed by atoms with Gasteiger partial charge < -0.3 is 4.74 Å². The third-order valence-corrected chi connectivity index (χ3v) is 8.08. The minimum atomic E-state index is -2.13. The van der Waals surface area contributed by atoms with E-state index in [4.69, 9.17) is 16.3 Å². The Morgan fingerprint density at radius 2 is 1.32 bits per heavy atom. The molecule has 4 aromatic rings. The van der Waals surface area contributed by atoms with Gasteiger partial charge in [-0.25, -0.2) is 4.90 Å². The number of hydrogen-bond acceptors (Lipinski definition) is 5. The number of carbonyl (C=O) groups excluding carboxylic acids is 4. The van der Waals surface area contributed by atoms with Gasteiger partial charge in [0.05, 0.1) is 23.6 Å². The molecule has 180 valence electrons. The lowest BCUT2D eigenvalue weighted by atomic mass is 9.77. The van der Waals surface area contributed by atoms with Gasteiger partial charge in [-0.3, -0.25) is 19.2 Å². The molecule has 0 bridgehead atoms. The van der Waals surface area contributed by atoms with Gasteiger partial charge >= 0.3 is 0 Å². The van der Waals surface area contributed by atoms with Gasteiger partial charge in [-0.05, 0) is 17.5 Å². The molecule has 4 aromatic carbocycles. The van der Waals surface area contributed by atoms with Crippen LogP contribution < -0.4 is 4.90 Å². The summed E-state index contributed by atoms with van der Waals surface area (Å²) in [6, 6.07) is 26.0. The zero-order valence-electron chi connectivity index (χ0n) is 19.3. The lowest BCUT2D eigenvalue weighted by Gasteiger charge is -2.27. The fraction of sp³-hybridized carbons (Fsp3) is 0.133. The molecule has 2 amide bonds. The van der Waals surface area contributed by atoms with Crippen LogP contribution in [0.2, 0.25) is 5.02 Å². The van der Waals surface area contributed by atoms with Crippen LogP contribution in [0.3, 0.4) is 0 Å². The normalized spacial score (nSPS) is 23.8. The summed E-state index contributed by atoms with van der Waals surface area (Å²) in [6.45, 7) is 0. The van der Waals surface area contributed by atoms with Gasteiger partial charge in [0.15, 0.2) is 0 Å². The van der Waals surface area contributed by atoms with Crippen LogP contribution in [0.15, 0.2) is 91.0 Å². The second-order valence-corrected chi connectivity index (χ2v) is 9.92. The molecule has 2 saturated heterocycles. The predicted octanol–water partition coefficient (Wildman–Crippen LogP) is 5.19. The summed E-state index contributed by atoms with van der Waals surface area (Å²) in [5.41, 5.74) is -0.895. The average molecular weight is 508 g/mol. The minimum Gasteiger partial charge on any atom is -0.349 e. The Morgan fingerprint density at radius 3 is 2.05 bits per heavy atom. The molecule has 1 aliphatic carbocycles. The van der Waals surface area contributed by atoms with Gasteiger partial charge in [-0.1, -0.05) is 90.5 Å². The largest absolute Gasteiger partial charge is 0.349 e. The highest BCUT2D eigenvalue weighted by Crippen LogP contribution is 2.58. The molecule has 0 saturated carbocycles. The first kappa shape index (κ1) is 22.1. The van der Waals surface area contributed by atoms with Gasteiger partial charge in [0.2, 0.25) is 29.0 Å². The van der Waals surface area contributed by atoms with Crippen molar-refractivity contribution in [2.45, 2.75) is 11.7 Å². The lowest BCUT2D eigenvalue weighted by Crippen LogP contribution is -2.51. The maximum atomic E-state index is 14.2. The van der Waals surface area contributed by atoms with Crippen molar-refractivity contribution in [3.05, 3.63) is 113 Å². The summed E-state index contributed by atoms with van der Waals surface area (Å²) in [5, 5.41) is 1.89. The predicted molar refractivity (Wildman–Crippen MR) is 137 cm³/mol. The molecule has 7 heteroatoms. The molecule has 7 rings (SSSR count). The smallest absolute Gasteiger partial charge is 0.241 e. The van der Waals surface area contributed by atoms with Crippen LogP contribution in [0.5, 0.6) is 0 Å². The third kappa shape index (κ3) is 2.74. The third-order valence-electron chi connectivity index (χ3n) is 7.74. The summed E-state index contributed by atoms with van der Waals surface area (Å²) in [7, 11) is 0. The highest BCUT2D eigenvalue weighted by molar-refractivity contribution is 6.37. The van der Waals surface area contributed by atoms with Crippen molar-refractivity contribution in [3.8, 4) is 0 Å². The van der Waals surface area contributed by atoms with Gasteiger partial charge in [-0.2, -0.15) is 0 Å². The van der Waals surface area contributed by atoms with E-state index in [1.807, 2.05) is 30.3 Å². The second-order valence-electron chi connectivity index (χ2n) is 9.51. The van der Waals surface area contributed by atoms with Crippen molar-refractivity contribution in [1.82, 2.24) is 0 Å². The minimum absolute atomic E-state index is 0.190. The van der Waals surface area contributed by atoms with Crippen molar-refractivity contribution >= 4 is 51.4 Å². The zero-order chi connectivity index (χ0) is 25.5. The Hall–Kier alpha value is -4.13. The van der Waals surface area contributed by atoms with Crippen LogP contribution in [-0.2, 0) is 14.3 Å². The number of halogens is 1. The lowest BCUT2D eigenvalue weighted by molar-refractivity contribution is -0.127. The van der Waals surface area contributed by atoms with E-state index in [0.29, 0.717) is 21.7 Å². The molecule has 37 heavy (non-hydrogen) atoms. The van der Waals surface area contributed by atoms with Crippen LogP contribution in [0.4, 0.5) is 5.69 Å². The summed E-state index contributed by atoms with van der Waals surface area (Å²) in [6.07, 6.45) is -1.06. The average Bonchev–Trinajstić information content (AvgIpc) is 3.48. The molecule has 0 aromatic heterocycles. The van der Waals surface area contributed by atoms with Crippen LogP contribution >= 0.6 is 11.6 Å². The molecule has 2 aliphatic heterocycles. The van der Waals surface area contributed by atoms with Gasteiger partial charge in [0, 0.05) is 27.1 Å². The summed E-state index contributed by atoms with van der Waals surface area (Å²) < 4.78 is 6.31. The number of ether oxygens (including phenoxy) is 1. The monoisotopic (exact) mass is 507 g/mol. The van der Waals surface area contributed by atoms with Crippen LogP contribution in [0, 0.1) is 11.8 Å². The number of Topliss-reactive ketones (excluding diaryl/α,β-unsaturated/α-hetero) is 2. The highest BCUT2D eigenvalue weighted by Gasteiger charge is 2.75. The SMILES string of the molecule is O=C1[C@H]2[C@@H](c3ccccc3Cl)OC3(C(=O)c4ccccc4C3=O)[C@@H]2C(=O)N1c1cccc2ccccc12. The first-order valence-electron chi connectivity index (χ1n) is 11.9. The molecule has 6 nitrogen and oxygen atoms in total. The van der Waals surface area contributed by atoms with E-state index in [1.165, 1.54) is 0 Å². The molecule has 2 fully saturated rings. The molecule has 1 spiro atoms. The Balaban J connectivity index is 1.46. The van der Waals surface area contributed by atoms with Gasteiger partial charge in [0.25, 0.3) is 0 Å². The van der Waals surface area contributed by atoms with Crippen molar-refractivity contribution in [2.75, 3.05) is 4.90 Å². The summed E-state index contributed by atoms with van der Waals surface area (Å²) >= 11 is 6.51. The Kier molecular flexibility index (Phi) is 4.59. The second kappa shape index (κ2) is 7.68. The summed E-state index contributed by atoms with van der Waals surface area (Å²) in [5.74, 6) is -4.78. The van der Waals surface area contributed by atoms with E-state index < -0.39 is 46.9 Å². The quantitative estimate of drug-likeness (QED) is 0.275. The Bertz CT molecular complexity index is 1650. The molecule has 0 unspecified atom stereocenters. The van der Waals surface area contributed by atoms with Gasteiger partial charge in [-0.15, -0.1) is 0 Å². The number of fused-ring (bicyclic) bond motifs is 4. The number of amides is 2. The van der Waals surface area contributed by atoms with Crippen LogP contribution in [-0.4, -0.2) is 29.0 Å². The molecular formula is C30H18ClNO5. The molecular weight excluding hydrogens is 490 g/mol. The van der Waals surface area contributed by atoms with Crippen LogP contribution in [0.25, 0.3) is 10.8 Å². The van der Waals surface area contributed by atoms with Crippen LogP contribution in [0.1, 0.15) is 32.4 Å². The fourth-order valence-corrected chi connectivity index (χ4v) is 6.39. The molecule has 3 atom stereocenters. The number of nitrogens with zero attached hydrogens (tertiary/aromatic N) is 1. The number of ketones is 2. The Morgan fingerprint density at radius 1 is 0.703 bits per heavy atom. The van der Waals surface area contributed by atoms with E-state index in [9.17, 15) is 19.2 Å². The maximum Gasteiger partial charge on any atom is 0.241 e. The highest BCUT2D eigenvalue weighted by atomic mass is 35.5. The van der Waals surface area contributed by atoms with E-state index >= 15 is 0 Å². The van der Waals surface area contributed by atoms with E-state index in [1.54, 1.807) is 60.7 Å². The maximum absolute atomic E-state index is 14.2. The molecule has 3 aliphatic rings. The number of anilines is 1. The van der Waals surface area contributed by atoms with Crippen molar-refractivity contribution in [2.24, 2.45) is 11.8 Å². The fourth-order valence-electron chi connectivity index (χ4n) is 6.15. The molecule has 2 heterocycles. The topological polar surface area (TPSA) is 80.8 Å². The standard InChI is InChI=1S/C30H18ClNO5/c31-21-14-6-5-13-20(21)25-23-24(30(37-25)26(33)18-11-3-4-12-19(18)27(30)34)29(36)32(28(23)35)22-15-7-9-16-8-1-2-10-17(16)22/h1-15,23-25H/t23-,24+,25-/m1/s1. The number of benzene rings is 4. The molecule has 0 radical (unpaired) electrons. The van der Waals surface area contributed by atoms with E-state index in [2.05, 4.69) is 0 Å². The molecule has 0 N–H and O–H groups in total. The first-order chi connectivity index (χ1) is 17.9. The van der Waals surface area contributed by atoms with Gasteiger partial charge in [0.1, 0.15) is 0 Å². The number of rotatable bonds is 2. The van der Waals surface area contributed by atoms with Crippen molar-refractivity contribution < 1.29 is 23.9 Å². The summed E-state index contributed by atoms with van der Waals surface area (Å²) in [4.78, 5) is 57.2.